The molecule has 24 heavy (non-hydrogen) atoms. The molecule has 0 saturated heterocycles. The summed E-state index contributed by atoms with van der Waals surface area (Å²) in [5.74, 6) is 0.625. The Labute approximate surface area is 143 Å². The third kappa shape index (κ3) is 3.72. The first-order valence-electron chi connectivity index (χ1n) is 7.25. The zero-order valence-corrected chi connectivity index (χ0v) is 13.9. The third-order valence-electron chi connectivity index (χ3n) is 3.34. The summed E-state index contributed by atoms with van der Waals surface area (Å²) in [7, 11) is 0. The highest BCUT2D eigenvalue weighted by atomic mass is 35.5. The fourth-order valence-electron chi connectivity index (χ4n) is 2.09. The lowest BCUT2D eigenvalue weighted by Crippen LogP contribution is -2.13. The molecule has 1 aromatic carbocycles. The summed E-state index contributed by atoms with van der Waals surface area (Å²) in [4.78, 5) is 16.3. The van der Waals surface area contributed by atoms with Crippen molar-refractivity contribution in [2.45, 2.75) is 13.8 Å². The van der Waals surface area contributed by atoms with Crippen molar-refractivity contribution in [1.82, 2.24) is 10.1 Å². The Morgan fingerprint density at radius 3 is 2.67 bits per heavy atom. The number of halogens is 1. The third-order valence-corrected chi connectivity index (χ3v) is 3.58. The Bertz CT molecular complexity index is 875. The molecule has 2 N–H and O–H groups in total. The molecule has 3 aromatic rings. The maximum absolute atomic E-state index is 12.1. The number of anilines is 3. The average Bonchev–Trinajstić information content (AvgIpc) is 2.96. The van der Waals surface area contributed by atoms with Gasteiger partial charge in [-0.2, -0.15) is 0 Å². The topological polar surface area (TPSA) is 80.0 Å². The number of benzene rings is 1. The first-order chi connectivity index (χ1) is 11.5. The predicted octanol–water partition coefficient (Wildman–Crippen LogP) is 4.34. The first-order valence-corrected chi connectivity index (χ1v) is 7.63. The van der Waals surface area contributed by atoms with Crippen LogP contribution in [-0.4, -0.2) is 16.0 Å². The molecule has 0 aliphatic carbocycles. The number of hydrogen-bond donors (Lipinski definition) is 2. The molecule has 3 rings (SSSR count). The van der Waals surface area contributed by atoms with E-state index in [9.17, 15) is 4.79 Å². The maximum Gasteiger partial charge on any atom is 0.275 e. The van der Waals surface area contributed by atoms with E-state index in [0.717, 1.165) is 16.9 Å². The van der Waals surface area contributed by atoms with Crippen LogP contribution in [0, 0.1) is 13.8 Å². The van der Waals surface area contributed by atoms with Gasteiger partial charge in [0, 0.05) is 16.8 Å². The summed E-state index contributed by atoms with van der Waals surface area (Å²) in [6.45, 7) is 3.73. The second-order valence-electron chi connectivity index (χ2n) is 5.29. The van der Waals surface area contributed by atoms with Gasteiger partial charge in [0.15, 0.2) is 5.82 Å². The van der Waals surface area contributed by atoms with Crippen molar-refractivity contribution in [2.24, 2.45) is 0 Å². The second kappa shape index (κ2) is 6.72. The summed E-state index contributed by atoms with van der Waals surface area (Å²) >= 11 is 6.01. The van der Waals surface area contributed by atoms with Crippen molar-refractivity contribution in [1.29, 1.82) is 0 Å². The van der Waals surface area contributed by atoms with E-state index in [4.69, 9.17) is 16.1 Å². The number of aryl methyl sites for hydroxylation is 2. The number of aromatic nitrogens is 2. The molecule has 0 aliphatic heterocycles. The van der Waals surface area contributed by atoms with E-state index in [0.29, 0.717) is 16.6 Å². The minimum atomic E-state index is -0.353. The summed E-state index contributed by atoms with van der Waals surface area (Å²) < 4.78 is 4.90. The Balaban J connectivity index is 1.71. The van der Waals surface area contributed by atoms with Gasteiger partial charge in [-0.25, -0.2) is 4.98 Å². The van der Waals surface area contributed by atoms with E-state index in [2.05, 4.69) is 20.8 Å². The van der Waals surface area contributed by atoms with Gasteiger partial charge in [-0.3, -0.25) is 4.79 Å². The monoisotopic (exact) mass is 342 g/mol. The van der Waals surface area contributed by atoms with Crippen molar-refractivity contribution in [3.63, 3.8) is 0 Å². The van der Waals surface area contributed by atoms with Gasteiger partial charge in [-0.05, 0) is 43.7 Å². The lowest BCUT2D eigenvalue weighted by atomic mass is 10.2. The molecule has 2 heterocycles. The molecule has 6 nitrogen and oxygen atoms in total. The molecule has 0 bridgehead atoms. The summed E-state index contributed by atoms with van der Waals surface area (Å²) in [5, 5.41) is 10.2. The molecule has 0 unspecified atom stereocenters. The molecule has 0 saturated carbocycles. The number of nitrogens with zero attached hydrogens (tertiary/aromatic N) is 2. The van der Waals surface area contributed by atoms with E-state index in [1.54, 1.807) is 31.3 Å². The van der Waals surface area contributed by atoms with Crippen LogP contribution in [0.5, 0.6) is 0 Å². The number of carbonyl (C=O) groups is 1. The van der Waals surface area contributed by atoms with Crippen LogP contribution in [0.25, 0.3) is 0 Å². The number of pyridine rings is 1. The Morgan fingerprint density at radius 1 is 1.17 bits per heavy atom. The zero-order chi connectivity index (χ0) is 17.1. The van der Waals surface area contributed by atoms with E-state index in [1.165, 1.54) is 0 Å². The van der Waals surface area contributed by atoms with Crippen LogP contribution in [0.4, 0.5) is 17.2 Å². The van der Waals surface area contributed by atoms with Gasteiger partial charge < -0.3 is 15.2 Å². The standard InChI is InChI=1S/C17H15ClN4O2/c1-10-3-4-12(18)8-15(10)20-13-5-6-14(19-9-13)17(23)21-16-7-11(2)24-22-16/h3-9,20H,1-2H3,(H,21,22,23). The van der Waals surface area contributed by atoms with Crippen molar-refractivity contribution in [2.75, 3.05) is 10.6 Å². The molecule has 2 aromatic heterocycles. The van der Waals surface area contributed by atoms with E-state index in [1.807, 2.05) is 25.1 Å². The molecular formula is C17H15ClN4O2. The molecular weight excluding hydrogens is 328 g/mol. The van der Waals surface area contributed by atoms with Crippen LogP contribution in [0.1, 0.15) is 21.8 Å². The van der Waals surface area contributed by atoms with Crippen LogP contribution in [0.2, 0.25) is 5.02 Å². The quantitative estimate of drug-likeness (QED) is 0.737. The molecule has 0 atom stereocenters. The smallest absolute Gasteiger partial charge is 0.275 e. The van der Waals surface area contributed by atoms with Crippen molar-refractivity contribution in [3.8, 4) is 0 Å². The number of rotatable bonds is 4. The van der Waals surface area contributed by atoms with Gasteiger partial charge in [0.1, 0.15) is 11.5 Å². The van der Waals surface area contributed by atoms with E-state index in [-0.39, 0.29) is 11.6 Å². The molecule has 0 spiro atoms. The fraction of sp³-hybridized carbons (Fsp3) is 0.118. The van der Waals surface area contributed by atoms with Gasteiger partial charge in [0.25, 0.3) is 5.91 Å². The largest absolute Gasteiger partial charge is 0.360 e. The number of nitrogens with one attached hydrogen (secondary N) is 2. The molecule has 0 radical (unpaired) electrons. The van der Waals surface area contributed by atoms with Crippen LogP contribution < -0.4 is 10.6 Å². The molecule has 0 fully saturated rings. The second-order valence-corrected chi connectivity index (χ2v) is 5.73. The Hall–Kier alpha value is -2.86. The highest BCUT2D eigenvalue weighted by Crippen LogP contribution is 2.24. The van der Waals surface area contributed by atoms with Gasteiger partial charge in [0.2, 0.25) is 0 Å². The van der Waals surface area contributed by atoms with Gasteiger partial charge in [0.05, 0.1) is 11.9 Å². The average molecular weight is 343 g/mol. The molecule has 7 heteroatoms. The minimum Gasteiger partial charge on any atom is -0.360 e. The van der Waals surface area contributed by atoms with Crippen LogP contribution in [0.3, 0.4) is 0 Å². The molecule has 122 valence electrons. The van der Waals surface area contributed by atoms with Crippen LogP contribution in [-0.2, 0) is 0 Å². The van der Waals surface area contributed by atoms with Crippen LogP contribution >= 0.6 is 11.6 Å². The number of amides is 1. The Morgan fingerprint density at radius 2 is 2.00 bits per heavy atom. The van der Waals surface area contributed by atoms with Crippen molar-refractivity contribution < 1.29 is 9.32 Å². The van der Waals surface area contributed by atoms with Crippen LogP contribution in [0.15, 0.2) is 47.1 Å². The predicted molar refractivity (Wildman–Crippen MR) is 92.9 cm³/mol. The first kappa shape index (κ1) is 16.0. The van der Waals surface area contributed by atoms with Crippen molar-refractivity contribution >= 4 is 34.7 Å². The zero-order valence-electron chi connectivity index (χ0n) is 13.1. The summed E-state index contributed by atoms with van der Waals surface area (Å²) in [6.07, 6.45) is 1.59. The highest BCUT2D eigenvalue weighted by molar-refractivity contribution is 6.30. The van der Waals surface area contributed by atoms with Crippen molar-refractivity contribution in [3.05, 3.63) is 64.6 Å². The Kier molecular flexibility index (Phi) is 4.48. The molecule has 0 aliphatic rings. The lowest BCUT2D eigenvalue weighted by Gasteiger charge is -2.10. The fourth-order valence-corrected chi connectivity index (χ4v) is 2.26. The highest BCUT2D eigenvalue weighted by Gasteiger charge is 2.10. The van der Waals surface area contributed by atoms with Gasteiger partial charge in [-0.1, -0.05) is 22.8 Å². The molecule has 1 amide bonds. The van der Waals surface area contributed by atoms with Gasteiger partial charge >= 0.3 is 0 Å². The number of carbonyl (C=O) groups excluding carboxylic acids is 1. The summed E-state index contributed by atoms with van der Waals surface area (Å²) in [5.41, 5.74) is 2.99. The summed E-state index contributed by atoms with van der Waals surface area (Å²) in [6, 6.07) is 10.6. The SMILES string of the molecule is Cc1cc(NC(=O)c2ccc(Nc3cc(Cl)ccc3C)cn2)no1. The maximum atomic E-state index is 12.1. The minimum absolute atomic E-state index is 0.281. The lowest BCUT2D eigenvalue weighted by molar-refractivity contribution is 0.102. The van der Waals surface area contributed by atoms with Gasteiger partial charge in [-0.15, -0.1) is 0 Å². The number of hydrogen-bond acceptors (Lipinski definition) is 5. The van der Waals surface area contributed by atoms with E-state index >= 15 is 0 Å². The van der Waals surface area contributed by atoms with E-state index < -0.39 is 0 Å². The normalized spacial score (nSPS) is 10.5.